The molecule has 2 aromatic carbocycles. The maximum Gasteiger partial charge on any atom is 0.322 e. The molecule has 1 aliphatic rings. The van der Waals surface area contributed by atoms with Gasteiger partial charge in [-0.05, 0) is 35.4 Å². The molecule has 2 aromatic heterocycles. The number of nitriles is 1. The van der Waals surface area contributed by atoms with Crippen LogP contribution in [0.1, 0.15) is 16.7 Å². The average molecular weight is 411 g/mol. The monoisotopic (exact) mass is 411 g/mol. The number of aromatic amines is 1. The van der Waals surface area contributed by atoms with E-state index in [1.807, 2.05) is 24.3 Å². The Morgan fingerprint density at radius 2 is 2.06 bits per heavy atom. The number of aromatic nitrogens is 4. The number of urea groups is 1. The predicted molar refractivity (Wildman–Crippen MR) is 113 cm³/mol. The summed E-state index contributed by atoms with van der Waals surface area (Å²) in [5, 5.41) is 20.4. The summed E-state index contributed by atoms with van der Waals surface area (Å²) in [4.78, 5) is 22.7. The van der Waals surface area contributed by atoms with Crippen molar-refractivity contribution in [2.45, 2.75) is 13.1 Å². The van der Waals surface area contributed by atoms with Gasteiger partial charge in [0.05, 0.1) is 24.3 Å². The Morgan fingerprint density at radius 3 is 2.84 bits per heavy atom. The smallest absolute Gasteiger partial charge is 0.322 e. The minimum Gasteiger partial charge on any atom is -0.467 e. The van der Waals surface area contributed by atoms with Crippen molar-refractivity contribution in [3.05, 3.63) is 65.5 Å². The number of benzene rings is 2. The number of amides is 2. The molecule has 3 heterocycles. The van der Waals surface area contributed by atoms with Crippen LogP contribution in [0.4, 0.5) is 10.5 Å². The molecular weight excluding hydrogens is 394 g/mol. The second-order valence-corrected chi connectivity index (χ2v) is 7.18. The number of nitrogens with zero attached hydrogens (tertiary/aromatic N) is 5. The van der Waals surface area contributed by atoms with E-state index in [0.717, 1.165) is 39.0 Å². The van der Waals surface area contributed by atoms with Gasteiger partial charge in [-0.2, -0.15) is 10.4 Å². The average Bonchev–Trinajstić information content (AvgIpc) is 3.21. The van der Waals surface area contributed by atoms with Crippen LogP contribution in [0.5, 0.6) is 6.01 Å². The number of carbonyl (C=O) groups is 1. The normalized spacial score (nSPS) is 12.9. The van der Waals surface area contributed by atoms with Gasteiger partial charge in [0.25, 0.3) is 0 Å². The molecule has 0 saturated carbocycles. The summed E-state index contributed by atoms with van der Waals surface area (Å²) in [5.74, 6) is 0. The summed E-state index contributed by atoms with van der Waals surface area (Å²) in [5.41, 5.74) is 5.49. The second kappa shape index (κ2) is 7.42. The Hall–Kier alpha value is -4.45. The first-order valence-electron chi connectivity index (χ1n) is 9.57. The largest absolute Gasteiger partial charge is 0.467 e. The van der Waals surface area contributed by atoms with Gasteiger partial charge in [-0.3, -0.25) is 5.10 Å². The van der Waals surface area contributed by atoms with Crippen molar-refractivity contribution in [1.29, 1.82) is 5.26 Å². The molecule has 2 amide bonds. The van der Waals surface area contributed by atoms with Crippen LogP contribution in [0.2, 0.25) is 0 Å². The van der Waals surface area contributed by atoms with Gasteiger partial charge in [-0.15, -0.1) is 0 Å². The number of H-pyrrole nitrogens is 1. The molecular formula is C22H17N7O2. The first-order chi connectivity index (χ1) is 15.1. The highest BCUT2D eigenvalue weighted by atomic mass is 16.5. The SMILES string of the molecule is COc1ncc(-c2n[nH]c3cc4c(cc23)CN(Cc2cccc(C#N)c2)C(=O)N4)cn1. The number of nitrogens with one attached hydrogen (secondary N) is 2. The molecule has 0 radical (unpaired) electrons. The van der Waals surface area contributed by atoms with Crippen LogP contribution in [-0.2, 0) is 13.1 Å². The van der Waals surface area contributed by atoms with Crippen molar-refractivity contribution >= 4 is 22.6 Å². The second-order valence-electron chi connectivity index (χ2n) is 7.18. The molecule has 0 bridgehead atoms. The molecule has 2 N–H and O–H groups in total. The zero-order valence-corrected chi connectivity index (χ0v) is 16.6. The fourth-order valence-electron chi connectivity index (χ4n) is 3.68. The number of ether oxygens (including phenoxy) is 1. The summed E-state index contributed by atoms with van der Waals surface area (Å²) in [6, 6.07) is 13.4. The highest BCUT2D eigenvalue weighted by Gasteiger charge is 2.24. The molecule has 152 valence electrons. The van der Waals surface area contributed by atoms with Crippen LogP contribution in [0.15, 0.2) is 48.8 Å². The van der Waals surface area contributed by atoms with Crippen LogP contribution in [-0.4, -0.2) is 38.2 Å². The Kier molecular flexibility index (Phi) is 4.45. The Labute approximate surface area is 177 Å². The fraction of sp³-hybridized carbons (Fsp3) is 0.136. The molecule has 9 heteroatoms. The molecule has 0 unspecified atom stereocenters. The predicted octanol–water partition coefficient (Wildman–Crippen LogP) is 3.45. The van der Waals surface area contributed by atoms with Gasteiger partial charge in [0.15, 0.2) is 0 Å². The topological polar surface area (TPSA) is 120 Å². The van der Waals surface area contributed by atoms with E-state index in [4.69, 9.17) is 10.00 Å². The van der Waals surface area contributed by atoms with Crippen molar-refractivity contribution in [3.8, 4) is 23.3 Å². The quantitative estimate of drug-likeness (QED) is 0.531. The van der Waals surface area contributed by atoms with Crippen LogP contribution in [0.3, 0.4) is 0 Å². The van der Waals surface area contributed by atoms with E-state index in [-0.39, 0.29) is 6.03 Å². The minimum atomic E-state index is -0.183. The van der Waals surface area contributed by atoms with E-state index in [9.17, 15) is 4.79 Å². The Balaban J connectivity index is 1.47. The third kappa shape index (κ3) is 3.40. The van der Waals surface area contributed by atoms with Gasteiger partial charge in [0.1, 0.15) is 5.69 Å². The molecule has 0 saturated heterocycles. The van der Waals surface area contributed by atoms with Gasteiger partial charge in [-0.1, -0.05) is 12.1 Å². The molecule has 4 aromatic rings. The van der Waals surface area contributed by atoms with Crippen molar-refractivity contribution in [1.82, 2.24) is 25.1 Å². The number of hydrogen-bond acceptors (Lipinski definition) is 6. The van der Waals surface area contributed by atoms with E-state index in [0.29, 0.717) is 24.7 Å². The lowest BCUT2D eigenvalue weighted by molar-refractivity contribution is 0.204. The summed E-state index contributed by atoms with van der Waals surface area (Å²) in [6.07, 6.45) is 3.33. The molecule has 0 aliphatic carbocycles. The number of methoxy groups -OCH3 is 1. The van der Waals surface area contributed by atoms with E-state index in [1.165, 1.54) is 7.11 Å². The highest BCUT2D eigenvalue weighted by molar-refractivity contribution is 5.99. The zero-order valence-electron chi connectivity index (χ0n) is 16.6. The van der Waals surface area contributed by atoms with Crippen LogP contribution < -0.4 is 10.1 Å². The lowest BCUT2D eigenvalue weighted by Gasteiger charge is -2.29. The van der Waals surface area contributed by atoms with Crippen LogP contribution in [0, 0.1) is 11.3 Å². The number of anilines is 1. The summed E-state index contributed by atoms with van der Waals surface area (Å²) < 4.78 is 5.02. The fourth-order valence-corrected chi connectivity index (χ4v) is 3.68. The van der Waals surface area contributed by atoms with E-state index < -0.39 is 0 Å². The Morgan fingerprint density at radius 1 is 1.23 bits per heavy atom. The molecule has 0 spiro atoms. The molecule has 0 fully saturated rings. The standard InChI is InChI=1S/C22H17N7O2/c1-31-21-24-9-16(10-25-21)20-17-6-15-12-29(11-14-4-2-3-13(5-14)8-23)22(30)26-18(15)7-19(17)27-28-20/h2-7,9-10H,11-12H2,1H3,(H,26,30)(H,27,28). The number of hydrogen-bond donors (Lipinski definition) is 2. The molecule has 9 nitrogen and oxygen atoms in total. The summed E-state index contributed by atoms with van der Waals surface area (Å²) in [6.45, 7) is 0.848. The summed E-state index contributed by atoms with van der Waals surface area (Å²) in [7, 11) is 1.52. The first kappa shape index (κ1) is 18.6. The maximum atomic E-state index is 12.6. The van der Waals surface area contributed by atoms with Gasteiger partial charge in [0.2, 0.25) is 0 Å². The van der Waals surface area contributed by atoms with Gasteiger partial charge in [0, 0.05) is 42.1 Å². The minimum absolute atomic E-state index is 0.183. The molecule has 31 heavy (non-hydrogen) atoms. The lowest BCUT2D eigenvalue weighted by Crippen LogP contribution is -2.38. The zero-order chi connectivity index (χ0) is 21.4. The van der Waals surface area contributed by atoms with Crippen molar-refractivity contribution in [2.75, 3.05) is 12.4 Å². The lowest BCUT2D eigenvalue weighted by atomic mass is 10.0. The first-order valence-corrected chi connectivity index (χ1v) is 9.57. The molecule has 1 aliphatic heterocycles. The van der Waals surface area contributed by atoms with Crippen molar-refractivity contribution in [2.24, 2.45) is 0 Å². The third-order valence-electron chi connectivity index (χ3n) is 5.19. The summed E-state index contributed by atoms with van der Waals surface area (Å²) >= 11 is 0. The van der Waals surface area contributed by atoms with Crippen molar-refractivity contribution < 1.29 is 9.53 Å². The van der Waals surface area contributed by atoms with E-state index in [1.54, 1.807) is 29.4 Å². The van der Waals surface area contributed by atoms with Crippen molar-refractivity contribution in [3.63, 3.8) is 0 Å². The number of carbonyl (C=O) groups excluding carboxylic acids is 1. The van der Waals surface area contributed by atoms with Gasteiger partial charge >= 0.3 is 12.0 Å². The highest BCUT2D eigenvalue weighted by Crippen LogP contribution is 2.33. The third-order valence-corrected chi connectivity index (χ3v) is 5.19. The van der Waals surface area contributed by atoms with Gasteiger partial charge in [-0.25, -0.2) is 14.8 Å². The van der Waals surface area contributed by atoms with Crippen LogP contribution >= 0.6 is 0 Å². The molecule has 0 atom stereocenters. The van der Waals surface area contributed by atoms with Gasteiger partial charge < -0.3 is 15.0 Å². The molecule has 5 rings (SSSR count). The van der Waals surface area contributed by atoms with Crippen LogP contribution in [0.25, 0.3) is 22.2 Å². The Bertz CT molecular complexity index is 1340. The maximum absolute atomic E-state index is 12.6. The number of fused-ring (bicyclic) bond motifs is 2. The number of rotatable bonds is 4. The van der Waals surface area contributed by atoms with E-state index in [2.05, 4.69) is 31.6 Å². The van der Waals surface area contributed by atoms with E-state index >= 15 is 0 Å².